The summed E-state index contributed by atoms with van der Waals surface area (Å²) in [5.74, 6) is 0.480. The molecule has 26 heavy (non-hydrogen) atoms. The topological polar surface area (TPSA) is 59.6 Å². The molecule has 1 atom stereocenters. The quantitative estimate of drug-likeness (QED) is 0.593. The number of benzene rings is 2. The molecule has 0 unspecified atom stereocenters. The van der Waals surface area contributed by atoms with Gasteiger partial charge in [0.05, 0.1) is 18.7 Å². The van der Waals surface area contributed by atoms with E-state index in [2.05, 4.69) is 10.6 Å². The fraction of sp³-hybridized carbons (Fsp3) is 0.300. The van der Waals surface area contributed by atoms with Gasteiger partial charge in [0, 0.05) is 5.69 Å². The summed E-state index contributed by atoms with van der Waals surface area (Å²) in [6.45, 7) is 6.42. The van der Waals surface area contributed by atoms with Crippen LogP contribution in [0.5, 0.6) is 5.75 Å². The van der Waals surface area contributed by atoms with Gasteiger partial charge < -0.3 is 20.1 Å². The first-order valence-corrected chi connectivity index (χ1v) is 8.76. The second kappa shape index (κ2) is 9.20. The van der Waals surface area contributed by atoms with Crippen molar-refractivity contribution in [1.82, 2.24) is 5.32 Å². The fourth-order valence-corrected chi connectivity index (χ4v) is 2.67. The van der Waals surface area contributed by atoms with Crippen molar-refractivity contribution in [3.8, 4) is 5.75 Å². The first kappa shape index (κ1) is 19.7. The number of hydrogen-bond acceptors (Lipinski definition) is 4. The Hall–Kier alpha value is -2.60. The van der Waals surface area contributed by atoms with Crippen LogP contribution in [0.2, 0.25) is 0 Å². The van der Waals surface area contributed by atoms with Crippen LogP contribution in [0.4, 0.5) is 5.69 Å². The number of hydrogen-bond donors (Lipinski definition) is 2. The first-order valence-electron chi connectivity index (χ1n) is 8.35. The molecule has 2 aromatic rings. The minimum atomic E-state index is -0.382. The molecule has 0 saturated carbocycles. The Morgan fingerprint density at radius 2 is 1.88 bits per heavy atom. The number of thiocarbonyl (C=S) groups is 1. The van der Waals surface area contributed by atoms with Crippen molar-refractivity contribution in [2.45, 2.75) is 26.8 Å². The van der Waals surface area contributed by atoms with E-state index in [0.29, 0.717) is 17.3 Å². The molecule has 0 aliphatic rings. The van der Waals surface area contributed by atoms with Gasteiger partial charge in [-0.05, 0) is 62.3 Å². The third kappa shape index (κ3) is 5.46. The second-order valence-corrected chi connectivity index (χ2v) is 6.51. The Kier molecular flexibility index (Phi) is 6.97. The van der Waals surface area contributed by atoms with Gasteiger partial charge in [-0.25, -0.2) is 4.79 Å². The summed E-state index contributed by atoms with van der Waals surface area (Å²) in [6.07, 6.45) is 0. The number of methoxy groups -OCH3 is 1. The Bertz CT molecular complexity index is 792. The molecule has 0 radical (unpaired) electrons. The van der Waals surface area contributed by atoms with Gasteiger partial charge in [-0.3, -0.25) is 0 Å². The average molecular weight is 372 g/mol. The largest absolute Gasteiger partial charge is 0.491 e. The number of aryl methyl sites for hydroxylation is 2. The minimum absolute atomic E-state index is 0.0127. The maximum atomic E-state index is 11.7. The van der Waals surface area contributed by atoms with Crippen molar-refractivity contribution in [2.75, 3.05) is 19.0 Å². The van der Waals surface area contributed by atoms with E-state index in [9.17, 15) is 4.79 Å². The summed E-state index contributed by atoms with van der Waals surface area (Å²) < 4.78 is 10.6. The molecule has 0 amide bonds. The number of para-hydroxylation sites is 1. The molecule has 2 rings (SSSR count). The van der Waals surface area contributed by atoms with Crippen LogP contribution in [0.15, 0.2) is 42.5 Å². The molecule has 6 heteroatoms. The summed E-state index contributed by atoms with van der Waals surface area (Å²) in [6, 6.07) is 13.2. The molecule has 0 bridgehead atoms. The summed E-state index contributed by atoms with van der Waals surface area (Å²) in [4.78, 5) is 11.7. The van der Waals surface area contributed by atoms with Crippen molar-refractivity contribution in [2.24, 2.45) is 0 Å². The van der Waals surface area contributed by atoms with E-state index in [-0.39, 0.29) is 12.0 Å². The highest BCUT2D eigenvalue weighted by Crippen LogP contribution is 2.18. The molecule has 0 aliphatic heterocycles. The SMILES string of the molecule is COC(=O)c1ccc(C)c(NC(=S)N[C@@H](C)COc2ccccc2C)c1. The van der Waals surface area contributed by atoms with Gasteiger partial charge in [-0.2, -0.15) is 0 Å². The van der Waals surface area contributed by atoms with E-state index in [1.165, 1.54) is 7.11 Å². The fourth-order valence-electron chi connectivity index (χ4n) is 2.36. The van der Waals surface area contributed by atoms with E-state index >= 15 is 0 Å². The van der Waals surface area contributed by atoms with Crippen LogP contribution in [0.1, 0.15) is 28.4 Å². The van der Waals surface area contributed by atoms with Gasteiger partial charge >= 0.3 is 5.97 Å². The summed E-state index contributed by atoms with van der Waals surface area (Å²) in [7, 11) is 1.36. The van der Waals surface area contributed by atoms with Gasteiger partial charge in [-0.1, -0.05) is 24.3 Å². The smallest absolute Gasteiger partial charge is 0.337 e. The van der Waals surface area contributed by atoms with Crippen LogP contribution in [-0.2, 0) is 4.74 Å². The number of carbonyl (C=O) groups excluding carboxylic acids is 1. The minimum Gasteiger partial charge on any atom is -0.491 e. The van der Waals surface area contributed by atoms with E-state index in [0.717, 1.165) is 22.6 Å². The van der Waals surface area contributed by atoms with Crippen LogP contribution in [0.3, 0.4) is 0 Å². The molecule has 0 spiro atoms. The summed E-state index contributed by atoms with van der Waals surface area (Å²) in [5, 5.41) is 6.78. The van der Waals surface area contributed by atoms with Crippen LogP contribution in [-0.4, -0.2) is 30.8 Å². The van der Waals surface area contributed by atoms with E-state index in [1.807, 2.05) is 51.1 Å². The lowest BCUT2D eigenvalue weighted by atomic mass is 10.1. The molecule has 138 valence electrons. The normalized spacial score (nSPS) is 11.4. The van der Waals surface area contributed by atoms with E-state index < -0.39 is 0 Å². The van der Waals surface area contributed by atoms with Crippen molar-refractivity contribution in [3.05, 3.63) is 59.2 Å². The maximum absolute atomic E-state index is 11.7. The molecular weight excluding hydrogens is 348 g/mol. The zero-order valence-electron chi connectivity index (χ0n) is 15.5. The molecule has 0 heterocycles. The van der Waals surface area contributed by atoms with Crippen LogP contribution in [0.25, 0.3) is 0 Å². The highest BCUT2D eigenvalue weighted by atomic mass is 32.1. The first-order chi connectivity index (χ1) is 12.4. The molecule has 5 nitrogen and oxygen atoms in total. The second-order valence-electron chi connectivity index (χ2n) is 6.10. The molecular formula is C20H24N2O3S. The molecule has 0 saturated heterocycles. The Labute approximate surface area is 159 Å². The third-order valence-electron chi connectivity index (χ3n) is 3.87. The Morgan fingerprint density at radius 1 is 1.15 bits per heavy atom. The number of carbonyl (C=O) groups is 1. The summed E-state index contributed by atoms with van der Waals surface area (Å²) >= 11 is 5.37. The van der Waals surface area contributed by atoms with Crippen molar-refractivity contribution >= 4 is 29.0 Å². The predicted octanol–water partition coefficient (Wildman–Crippen LogP) is 3.84. The number of anilines is 1. The van der Waals surface area contributed by atoms with Gasteiger partial charge in [-0.15, -0.1) is 0 Å². The lowest BCUT2D eigenvalue weighted by molar-refractivity contribution is 0.0601. The monoisotopic (exact) mass is 372 g/mol. The zero-order chi connectivity index (χ0) is 19.1. The number of esters is 1. The van der Waals surface area contributed by atoms with Crippen molar-refractivity contribution < 1.29 is 14.3 Å². The standard InChI is InChI=1S/C20H24N2O3S/c1-13-9-10-16(19(23)24-4)11-17(13)22-20(26)21-15(3)12-25-18-8-6-5-7-14(18)2/h5-11,15H,12H2,1-4H3,(H2,21,22,26)/t15-/m0/s1. The third-order valence-corrected chi connectivity index (χ3v) is 4.09. The predicted molar refractivity (Wildman–Crippen MR) is 108 cm³/mol. The lowest BCUT2D eigenvalue weighted by Gasteiger charge is -2.19. The lowest BCUT2D eigenvalue weighted by Crippen LogP contribution is -2.39. The Balaban J connectivity index is 1.91. The van der Waals surface area contributed by atoms with Gasteiger partial charge in [0.15, 0.2) is 5.11 Å². The van der Waals surface area contributed by atoms with Crippen LogP contribution >= 0.6 is 12.2 Å². The van der Waals surface area contributed by atoms with E-state index in [1.54, 1.807) is 12.1 Å². The number of rotatable bonds is 6. The van der Waals surface area contributed by atoms with Crippen LogP contribution < -0.4 is 15.4 Å². The number of nitrogens with one attached hydrogen (secondary N) is 2. The average Bonchev–Trinajstić information content (AvgIpc) is 2.62. The van der Waals surface area contributed by atoms with E-state index in [4.69, 9.17) is 21.7 Å². The Morgan fingerprint density at radius 3 is 2.58 bits per heavy atom. The van der Waals surface area contributed by atoms with Crippen molar-refractivity contribution in [1.29, 1.82) is 0 Å². The zero-order valence-corrected chi connectivity index (χ0v) is 16.3. The maximum Gasteiger partial charge on any atom is 0.337 e. The molecule has 0 fully saturated rings. The van der Waals surface area contributed by atoms with Gasteiger partial charge in [0.2, 0.25) is 0 Å². The van der Waals surface area contributed by atoms with Crippen LogP contribution in [0, 0.1) is 13.8 Å². The van der Waals surface area contributed by atoms with Gasteiger partial charge in [0.25, 0.3) is 0 Å². The van der Waals surface area contributed by atoms with Gasteiger partial charge in [0.1, 0.15) is 12.4 Å². The molecule has 2 N–H and O–H groups in total. The highest BCUT2D eigenvalue weighted by Gasteiger charge is 2.11. The highest BCUT2D eigenvalue weighted by molar-refractivity contribution is 7.80. The molecule has 0 aliphatic carbocycles. The molecule has 2 aromatic carbocycles. The number of ether oxygens (including phenoxy) is 2. The molecule has 0 aromatic heterocycles. The van der Waals surface area contributed by atoms with Crippen molar-refractivity contribution in [3.63, 3.8) is 0 Å². The summed E-state index contributed by atoms with van der Waals surface area (Å²) in [5.41, 5.74) is 3.30.